The monoisotopic (exact) mass is 446 g/mol. The molecule has 166 valence electrons. The van der Waals surface area contributed by atoms with Crippen LogP contribution < -0.4 is 15.0 Å². The number of ether oxygens (including phenoxy) is 1. The highest BCUT2D eigenvalue weighted by Crippen LogP contribution is 2.46. The number of hydrogen-bond donors (Lipinski definition) is 1. The van der Waals surface area contributed by atoms with Crippen LogP contribution in [0.15, 0.2) is 54.7 Å². The van der Waals surface area contributed by atoms with E-state index in [4.69, 9.17) is 17.0 Å². The number of anilines is 1. The van der Waals surface area contributed by atoms with Crippen LogP contribution in [0.25, 0.3) is 0 Å². The molecule has 1 aliphatic carbocycles. The summed E-state index contributed by atoms with van der Waals surface area (Å²) in [5.74, 6) is 0.867. The maximum Gasteiger partial charge on any atom is 0.174 e. The highest BCUT2D eigenvalue weighted by molar-refractivity contribution is 7.80. The Morgan fingerprint density at radius 1 is 1.09 bits per heavy atom. The highest BCUT2D eigenvalue weighted by atomic mass is 32.1. The van der Waals surface area contributed by atoms with Gasteiger partial charge in [-0.3, -0.25) is 4.98 Å². The summed E-state index contributed by atoms with van der Waals surface area (Å²) in [6.45, 7) is 8.54. The summed E-state index contributed by atoms with van der Waals surface area (Å²) in [4.78, 5) is 6.92. The van der Waals surface area contributed by atoms with E-state index in [1.807, 2.05) is 44.3 Å². The minimum absolute atomic E-state index is 0.0213. The number of nitrogens with one attached hydrogen (secondary N) is 1. The summed E-state index contributed by atoms with van der Waals surface area (Å²) >= 11 is 5.88. The fraction of sp³-hybridized carbons (Fsp3) is 0.385. The van der Waals surface area contributed by atoms with Crippen molar-refractivity contribution in [3.05, 3.63) is 77.4 Å². The second kappa shape index (κ2) is 8.24. The van der Waals surface area contributed by atoms with Gasteiger partial charge in [-0.1, -0.05) is 6.07 Å². The smallest absolute Gasteiger partial charge is 0.174 e. The van der Waals surface area contributed by atoms with E-state index < -0.39 is 0 Å². The van der Waals surface area contributed by atoms with Gasteiger partial charge < -0.3 is 19.5 Å². The molecule has 2 aliphatic rings. The Hall–Kier alpha value is -2.86. The molecule has 5 nitrogen and oxygen atoms in total. The predicted octanol–water partition coefficient (Wildman–Crippen LogP) is 5.80. The lowest BCUT2D eigenvalue weighted by atomic mass is 9.96. The van der Waals surface area contributed by atoms with Crippen LogP contribution in [-0.4, -0.2) is 20.8 Å². The summed E-state index contributed by atoms with van der Waals surface area (Å²) in [5.41, 5.74) is 6.00. The highest BCUT2D eigenvalue weighted by Gasteiger charge is 2.43. The SMILES string of the molecule is Cc1cc(C2C(c3ccccn3)NC(=S)N2c2ccc(OC(C)C)cc2)c(C)n1C1CC1. The molecule has 32 heavy (non-hydrogen) atoms. The maximum absolute atomic E-state index is 5.88. The average molecular weight is 447 g/mol. The van der Waals surface area contributed by atoms with Gasteiger partial charge in [0.1, 0.15) is 5.75 Å². The van der Waals surface area contributed by atoms with Crippen molar-refractivity contribution in [3.8, 4) is 5.75 Å². The van der Waals surface area contributed by atoms with E-state index in [0.29, 0.717) is 6.04 Å². The molecule has 3 heterocycles. The van der Waals surface area contributed by atoms with Gasteiger partial charge in [-0.25, -0.2) is 0 Å². The zero-order valence-electron chi connectivity index (χ0n) is 19.1. The molecule has 6 heteroatoms. The summed E-state index contributed by atoms with van der Waals surface area (Å²) in [7, 11) is 0. The number of rotatable bonds is 6. The summed E-state index contributed by atoms with van der Waals surface area (Å²) in [5, 5.41) is 4.29. The molecule has 2 atom stereocenters. The molecule has 1 aliphatic heterocycles. The molecule has 1 aromatic carbocycles. The van der Waals surface area contributed by atoms with Crippen LogP contribution in [-0.2, 0) is 0 Å². The van der Waals surface area contributed by atoms with E-state index >= 15 is 0 Å². The molecule has 0 radical (unpaired) electrons. The van der Waals surface area contributed by atoms with E-state index in [1.165, 1.54) is 29.8 Å². The molecule has 5 rings (SSSR count). The number of aromatic nitrogens is 2. The van der Waals surface area contributed by atoms with Crippen LogP contribution in [0.1, 0.15) is 67.5 Å². The molecule has 2 aromatic heterocycles. The summed E-state index contributed by atoms with van der Waals surface area (Å²) in [6.07, 6.45) is 4.53. The van der Waals surface area contributed by atoms with Crippen LogP contribution >= 0.6 is 12.2 Å². The zero-order chi connectivity index (χ0) is 22.4. The first kappa shape index (κ1) is 21.0. The van der Waals surface area contributed by atoms with Crippen LogP contribution in [0.3, 0.4) is 0 Å². The van der Waals surface area contributed by atoms with Gasteiger partial charge in [0.05, 0.1) is 23.9 Å². The maximum atomic E-state index is 5.88. The van der Waals surface area contributed by atoms with Gasteiger partial charge in [0.2, 0.25) is 0 Å². The number of nitrogens with zero attached hydrogens (tertiary/aromatic N) is 3. The fourth-order valence-electron chi connectivity index (χ4n) is 4.90. The van der Waals surface area contributed by atoms with Gasteiger partial charge in [0.25, 0.3) is 0 Å². The third kappa shape index (κ3) is 3.77. The van der Waals surface area contributed by atoms with Crippen molar-refractivity contribution in [2.45, 2.75) is 64.8 Å². The van der Waals surface area contributed by atoms with Gasteiger partial charge >= 0.3 is 0 Å². The first-order valence-corrected chi connectivity index (χ1v) is 11.8. The molecule has 0 spiro atoms. The number of benzene rings is 1. The lowest BCUT2D eigenvalue weighted by molar-refractivity contribution is 0.242. The van der Waals surface area contributed by atoms with Crippen molar-refractivity contribution >= 4 is 23.0 Å². The number of hydrogen-bond acceptors (Lipinski definition) is 3. The standard InChI is InChI=1S/C26H30N4OS/c1-16(2)31-21-12-10-20(11-13-21)30-25(22-15-17(3)29(18(22)4)19-8-9-19)24(28-26(30)32)23-7-5-6-14-27-23/h5-7,10-16,19,24-25H,8-9H2,1-4H3,(H,28,32). The molecule has 1 saturated carbocycles. The van der Waals surface area contributed by atoms with Crippen LogP contribution in [0.5, 0.6) is 5.75 Å². The van der Waals surface area contributed by atoms with Crippen LogP contribution in [0.4, 0.5) is 5.69 Å². The lowest BCUT2D eigenvalue weighted by Crippen LogP contribution is -2.29. The Morgan fingerprint density at radius 2 is 1.84 bits per heavy atom. The van der Waals surface area contributed by atoms with E-state index in [1.54, 1.807) is 0 Å². The van der Waals surface area contributed by atoms with E-state index in [2.05, 4.69) is 57.9 Å². The van der Waals surface area contributed by atoms with Crippen LogP contribution in [0, 0.1) is 13.8 Å². The molecule has 3 aromatic rings. The molecule has 0 amide bonds. The average Bonchev–Trinajstić information content (AvgIpc) is 3.48. The molecule has 2 fully saturated rings. The van der Waals surface area contributed by atoms with Crippen molar-refractivity contribution < 1.29 is 4.74 Å². The molecular formula is C26H30N4OS. The number of thiocarbonyl (C=S) groups is 1. The van der Waals surface area contributed by atoms with Crippen molar-refractivity contribution in [1.82, 2.24) is 14.9 Å². The van der Waals surface area contributed by atoms with Gasteiger partial charge in [-0.15, -0.1) is 0 Å². The normalized spacial score (nSPS) is 20.7. The fourth-order valence-corrected chi connectivity index (χ4v) is 5.25. The molecule has 1 saturated heterocycles. The molecule has 1 N–H and O–H groups in total. The minimum Gasteiger partial charge on any atom is -0.491 e. The van der Waals surface area contributed by atoms with Crippen molar-refractivity contribution in [2.75, 3.05) is 4.90 Å². The third-order valence-corrected chi connectivity index (χ3v) is 6.65. The Labute approximate surface area is 195 Å². The second-order valence-corrected chi connectivity index (χ2v) is 9.47. The zero-order valence-corrected chi connectivity index (χ0v) is 19.9. The number of aryl methyl sites for hydroxylation is 1. The van der Waals surface area contributed by atoms with Crippen LogP contribution in [0.2, 0.25) is 0 Å². The Bertz CT molecular complexity index is 1120. The number of pyridine rings is 1. The molecular weight excluding hydrogens is 416 g/mol. The Morgan fingerprint density at radius 3 is 2.47 bits per heavy atom. The second-order valence-electron chi connectivity index (χ2n) is 9.08. The Balaban J connectivity index is 1.59. The van der Waals surface area contributed by atoms with Gasteiger partial charge in [-0.2, -0.15) is 0 Å². The van der Waals surface area contributed by atoms with Gasteiger partial charge in [-0.05, 0) is 101 Å². The predicted molar refractivity (Wildman–Crippen MR) is 132 cm³/mol. The quantitative estimate of drug-likeness (QED) is 0.485. The summed E-state index contributed by atoms with van der Waals surface area (Å²) in [6, 6.07) is 17.3. The molecule has 0 bridgehead atoms. The van der Waals surface area contributed by atoms with Crippen molar-refractivity contribution in [3.63, 3.8) is 0 Å². The van der Waals surface area contributed by atoms with Gasteiger partial charge in [0, 0.05) is 29.3 Å². The largest absolute Gasteiger partial charge is 0.491 e. The first-order chi connectivity index (χ1) is 15.4. The third-order valence-electron chi connectivity index (χ3n) is 6.34. The topological polar surface area (TPSA) is 42.3 Å². The lowest BCUT2D eigenvalue weighted by Gasteiger charge is -2.28. The van der Waals surface area contributed by atoms with E-state index in [-0.39, 0.29) is 18.2 Å². The van der Waals surface area contributed by atoms with E-state index in [9.17, 15) is 0 Å². The summed E-state index contributed by atoms with van der Waals surface area (Å²) < 4.78 is 8.36. The Kier molecular flexibility index (Phi) is 5.41. The van der Waals surface area contributed by atoms with E-state index in [0.717, 1.165) is 22.2 Å². The van der Waals surface area contributed by atoms with Crippen molar-refractivity contribution in [2.24, 2.45) is 0 Å². The molecule has 2 unspecified atom stereocenters. The minimum atomic E-state index is -0.0246. The van der Waals surface area contributed by atoms with Crippen molar-refractivity contribution in [1.29, 1.82) is 0 Å². The first-order valence-electron chi connectivity index (χ1n) is 11.4. The van der Waals surface area contributed by atoms with Gasteiger partial charge in [0.15, 0.2) is 5.11 Å².